The third-order valence-electron chi connectivity index (χ3n) is 3.67. The maximum absolute atomic E-state index is 12.4. The highest BCUT2D eigenvalue weighted by atomic mass is 16.5. The van der Waals surface area contributed by atoms with Crippen molar-refractivity contribution in [2.24, 2.45) is 7.05 Å². The van der Waals surface area contributed by atoms with Crippen LogP contribution in [0, 0.1) is 13.8 Å². The largest absolute Gasteiger partial charge is 0.461 e. The van der Waals surface area contributed by atoms with Crippen molar-refractivity contribution in [1.82, 2.24) is 9.88 Å². The molecule has 1 aromatic rings. The van der Waals surface area contributed by atoms with Gasteiger partial charge in [0.25, 0.3) is 0 Å². The van der Waals surface area contributed by atoms with Gasteiger partial charge >= 0.3 is 5.97 Å². The van der Waals surface area contributed by atoms with Crippen LogP contribution in [0.15, 0.2) is 0 Å². The smallest absolute Gasteiger partial charge is 0.355 e. The molecule has 0 saturated carbocycles. The first-order valence-corrected chi connectivity index (χ1v) is 7.51. The Labute approximate surface area is 131 Å². The summed E-state index contributed by atoms with van der Waals surface area (Å²) in [6.07, 6.45) is 0.852. The molecule has 0 saturated heterocycles. The second-order valence-electron chi connectivity index (χ2n) is 5.16. The van der Waals surface area contributed by atoms with Gasteiger partial charge in [-0.3, -0.25) is 4.79 Å². The molecule has 1 heterocycles. The van der Waals surface area contributed by atoms with Crippen LogP contribution in [-0.2, 0) is 16.5 Å². The molecule has 0 fully saturated rings. The van der Waals surface area contributed by atoms with Crippen LogP contribution in [0.2, 0.25) is 0 Å². The summed E-state index contributed by atoms with van der Waals surface area (Å²) in [4.78, 5) is 24.4. The van der Waals surface area contributed by atoms with Gasteiger partial charge in [-0.1, -0.05) is 0 Å². The first-order valence-electron chi connectivity index (χ1n) is 7.51. The fourth-order valence-corrected chi connectivity index (χ4v) is 2.51. The molecular formula is C16H26N2O4. The standard InChI is InChI=1S/C16H26N2O4/c1-6-22-16(20)15-11(2)14(12(3)18(15)4)13(19)10-17-8-7-9-21-5/h17H,6-10H2,1-5H3. The fourth-order valence-electron chi connectivity index (χ4n) is 2.51. The molecule has 0 unspecified atom stereocenters. The van der Waals surface area contributed by atoms with Gasteiger partial charge in [0.15, 0.2) is 5.78 Å². The number of rotatable bonds is 9. The quantitative estimate of drug-likeness (QED) is 0.426. The van der Waals surface area contributed by atoms with E-state index in [1.54, 1.807) is 32.6 Å². The number of aromatic nitrogens is 1. The van der Waals surface area contributed by atoms with Gasteiger partial charge in [0.05, 0.1) is 13.2 Å². The first-order chi connectivity index (χ1) is 10.5. The lowest BCUT2D eigenvalue weighted by Crippen LogP contribution is -2.25. The van der Waals surface area contributed by atoms with Crippen LogP contribution < -0.4 is 5.32 Å². The number of methoxy groups -OCH3 is 1. The molecule has 0 aliphatic heterocycles. The molecule has 1 N–H and O–H groups in total. The van der Waals surface area contributed by atoms with E-state index in [-0.39, 0.29) is 12.3 Å². The lowest BCUT2D eigenvalue weighted by atomic mass is 10.1. The van der Waals surface area contributed by atoms with Crippen LogP contribution >= 0.6 is 0 Å². The van der Waals surface area contributed by atoms with Crippen molar-refractivity contribution in [2.45, 2.75) is 27.2 Å². The maximum Gasteiger partial charge on any atom is 0.355 e. The SMILES string of the molecule is CCOC(=O)c1c(C)c(C(=O)CNCCCOC)c(C)n1C. The summed E-state index contributed by atoms with van der Waals surface area (Å²) in [5.41, 5.74) is 2.51. The molecular weight excluding hydrogens is 284 g/mol. The van der Waals surface area contributed by atoms with Crippen molar-refractivity contribution in [3.05, 3.63) is 22.5 Å². The summed E-state index contributed by atoms with van der Waals surface area (Å²) in [6, 6.07) is 0. The Kier molecular flexibility index (Phi) is 7.27. The normalized spacial score (nSPS) is 10.8. The lowest BCUT2D eigenvalue weighted by molar-refractivity contribution is 0.0514. The number of nitrogens with one attached hydrogen (secondary N) is 1. The van der Waals surface area contributed by atoms with Crippen LogP contribution in [0.4, 0.5) is 0 Å². The molecule has 1 rings (SSSR count). The highest BCUT2D eigenvalue weighted by Gasteiger charge is 2.25. The van der Waals surface area contributed by atoms with E-state index >= 15 is 0 Å². The molecule has 6 heteroatoms. The number of carbonyl (C=O) groups excluding carboxylic acids is 2. The minimum atomic E-state index is -0.391. The summed E-state index contributed by atoms with van der Waals surface area (Å²) in [5.74, 6) is -0.406. The predicted octanol–water partition coefficient (Wildman–Crippen LogP) is 1.63. The summed E-state index contributed by atoms with van der Waals surface area (Å²) >= 11 is 0. The molecule has 6 nitrogen and oxygen atoms in total. The van der Waals surface area contributed by atoms with Crippen molar-refractivity contribution < 1.29 is 19.1 Å². The Morgan fingerprint density at radius 2 is 1.95 bits per heavy atom. The lowest BCUT2D eigenvalue weighted by Gasteiger charge is -2.05. The molecule has 0 aromatic carbocycles. The van der Waals surface area contributed by atoms with E-state index in [2.05, 4.69) is 5.32 Å². The minimum absolute atomic E-state index is 0.0152. The molecule has 0 aliphatic rings. The van der Waals surface area contributed by atoms with E-state index in [0.29, 0.717) is 30.0 Å². The van der Waals surface area contributed by atoms with Gasteiger partial charge in [0, 0.05) is 32.0 Å². The van der Waals surface area contributed by atoms with Crippen LogP contribution in [-0.4, -0.2) is 49.7 Å². The second kappa shape index (κ2) is 8.70. The second-order valence-corrected chi connectivity index (χ2v) is 5.16. The zero-order chi connectivity index (χ0) is 16.7. The Hall–Kier alpha value is -1.66. The molecule has 1 aromatic heterocycles. The molecule has 124 valence electrons. The van der Waals surface area contributed by atoms with E-state index in [4.69, 9.17) is 9.47 Å². The summed E-state index contributed by atoms with van der Waals surface area (Å²) in [7, 11) is 3.43. The third kappa shape index (κ3) is 4.18. The van der Waals surface area contributed by atoms with Crippen molar-refractivity contribution in [1.29, 1.82) is 0 Å². The van der Waals surface area contributed by atoms with Crippen molar-refractivity contribution in [3.63, 3.8) is 0 Å². The average molecular weight is 310 g/mol. The zero-order valence-corrected chi connectivity index (χ0v) is 14.1. The van der Waals surface area contributed by atoms with Gasteiger partial charge in [-0.15, -0.1) is 0 Å². The number of carbonyl (C=O) groups is 2. The minimum Gasteiger partial charge on any atom is -0.461 e. The van der Waals surface area contributed by atoms with Crippen LogP contribution in [0.5, 0.6) is 0 Å². The molecule has 0 atom stereocenters. The van der Waals surface area contributed by atoms with Crippen molar-refractivity contribution in [2.75, 3.05) is 33.4 Å². The number of Topliss-reactive ketones (excluding diaryl/α,β-unsaturated/α-hetero) is 1. The van der Waals surface area contributed by atoms with Gasteiger partial charge in [-0.25, -0.2) is 4.79 Å². The predicted molar refractivity (Wildman–Crippen MR) is 84.5 cm³/mol. The summed E-state index contributed by atoms with van der Waals surface area (Å²) in [6.45, 7) is 7.33. The highest BCUT2D eigenvalue weighted by Crippen LogP contribution is 2.22. The molecule has 0 spiro atoms. The Morgan fingerprint density at radius 1 is 1.27 bits per heavy atom. The number of nitrogens with zero attached hydrogens (tertiary/aromatic N) is 1. The topological polar surface area (TPSA) is 69.6 Å². The maximum atomic E-state index is 12.4. The monoisotopic (exact) mass is 310 g/mol. The summed E-state index contributed by atoms with van der Waals surface area (Å²) < 4.78 is 11.8. The molecule has 0 bridgehead atoms. The van der Waals surface area contributed by atoms with Gasteiger partial charge in [-0.2, -0.15) is 0 Å². The molecule has 22 heavy (non-hydrogen) atoms. The molecule has 0 aliphatic carbocycles. The van der Waals surface area contributed by atoms with Gasteiger partial charge in [0.2, 0.25) is 0 Å². The van der Waals surface area contributed by atoms with E-state index in [0.717, 1.165) is 18.7 Å². The highest BCUT2D eigenvalue weighted by molar-refractivity contribution is 6.03. The summed E-state index contributed by atoms with van der Waals surface area (Å²) in [5, 5.41) is 3.10. The van der Waals surface area contributed by atoms with E-state index < -0.39 is 5.97 Å². The number of hydrogen-bond donors (Lipinski definition) is 1. The van der Waals surface area contributed by atoms with Crippen LogP contribution in [0.25, 0.3) is 0 Å². The van der Waals surface area contributed by atoms with Crippen LogP contribution in [0.1, 0.15) is 45.4 Å². The van der Waals surface area contributed by atoms with E-state index in [9.17, 15) is 9.59 Å². The van der Waals surface area contributed by atoms with Crippen molar-refractivity contribution >= 4 is 11.8 Å². The molecule has 0 radical (unpaired) electrons. The Balaban J connectivity index is 2.84. The van der Waals surface area contributed by atoms with Gasteiger partial charge < -0.3 is 19.4 Å². The van der Waals surface area contributed by atoms with Crippen LogP contribution in [0.3, 0.4) is 0 Å². The number of ketones is 1. The molecule has 0 amide bonds. The van der Waals surface area contributed by atoms with E-state index in [1.807, 2.05) is 6.92 Å². The number of hydrogen-bond acceptors (Lipinski definition) is 5. The average Bonchev–Trinajstić information content (AvgIpc) is 2.69. The fraction of sp³-hybridized carbons (Fsp3) is 0.625. The Morgan fingerprint density at radius 3 is 2.55 bits per heavy atom. The number of ether oxygens (including phenoxy) is 2. The Bertz CT molecular complexity index is 535. The van der Waals surface area contributed by atoms with E-state index in [1.165, 1.54) is 0 Å². The van der Waals surface area contributed by atoms with Crippen molar-refractivity contribution in [3.8, 4) is 0 Å². The first kappa shape index (κ1) is 18.4. The third-order valence-corrected chi connectivity index (χ3v) is 3.67. The van der Waals surface area contributed by atoms with Gasteiger partial charge in [-0.05, 0) is 39.3 Å². The zero-order valence-electron chi connectivity index (χ0n) is 14.1. The van der Waals surface area contributed by atoms with Gasteiger partial charge in [0.1, 0.15) is 5.69 Å². The number of esters is 1.